The van der Waals surface area contributed by atoms with Gasteiger partial charge in [0.05, 0.1) is 5.75 Å². The number of hydrogen-bond acceptors (Lipinski definition) is 6. The van der Waals surface area contributed by atoms with Gasteiger partial charge in [0.25, 0.3) is 0 Å². The van der Waals surface area contributed by atoms with Gasteiger partial charge in [-0.25, -0.2) is 0 Å². The molecule has 3 N–H and O–H groups in total. The maximum absolute atomic E-state index is 11.7. The largest absolute Gasteiger partial charge is 0.458 e. The number of hydrogen-bond donors (Lipinski definition) is 2. The summed E-state index contributed by atoms with van der Waals surface area (Å²) in [5.41, 5.74) is 5.36. The van der Waals surface area contributed by atoms with Gasteiger partial charge in [0.2, 0.25) is 0 Å². The van der Waals surface area contributed by atoms with Crippen LogP contribution in [-0.2, 0) is 14.2 Å². The first kappa shape index (κ1) is 16.7. The van der Waals surface area contributed by atoms with E-state index in [4.69, 9.17) is 10.4 Å². The molecule has 0 radical (unpaired) electrons. The van der Waals surface area contributed by atoms with Crippen LogP contribution >= 0.6 is 11.8 Å². The van der Waals surface area contributed by atoms with Crippen LogP contribution in [0, 0.1) is 0 Å². The van der Waals surface area contributed by atoms with Gasteiger partial charge in [-0.15, -0.1) is 0 Å². The van der Waals surface area contributed by atoms with E-state index in [0.29, 0.717) is 25.1 Å². The minimum Gasteiger partial charge on any atom is -0.427 e. The summed E-state index contributed by atoms with van der Waals surface area (Å²) in [6, 6.07) is 0. The molecule has 0 unspecified atom stereocenters. The quantitative estimate of drug-likeness (QED) is 0.503. The van der Waals surface area contributed by atoms with E-state index in [2.05, 4.69) is 0 Å². The molecule has 0 spiro atoms. The maximum atomic E-state index is 11.7. The summed E-state index contributed by atoms with van der Waals surface area (Å²) in [5, 5.41) is 9.86. The van der Waals surface area contributed by atoms with Crippen molar-refractivity contribution < 1.29 is 19.3 Å². The van der Waals surface area contributed by atoms with Crippen molar-refractivity contribution in [2.75, 3.05) is 18.1 Å². The normalized spacial score (nSPS) is 23.4. The second kappa shape index (κ2) is 8.74. The molecule has 1 aliphatic heterocycles. The van der Waals surface area contributed by atoms with Crippen LogP contribution in [0.1, 0.15) is 32.6 Å². The van der Waals surface area contributed by atoms with Crippen molar-refractivity contribution in [1.82, 2.24) is 0 Å². The lowest BCUT2D eigenvalue weighted by atomic mass is 9.64. The van der Waals surface area contributed by atoms with Gasteiger partial charge in [0.15, 0.2) is 0 Å². The third kappa shape index (κ3) is 6.56. The van der Waals surface area contributed by atoms with Gasteiger partial charge in [0, 0.05) is 37.1 Å². The van der Waals surface area contributed by atoms with Crippen molar-refractivity contribution in [3.05, 3.63) is 0 Å². The third-order valence-corrected chi connectivity index (χ3v) is 4.18. The molecule has 0 aromatic carbocycles. The van der Waals surface area contributed by atoms with Gasteiger partial charge >= 0.3 is 7.12 Å². The highest BCUT2D eigenvalue weighted by molar-refractivity contribution is 7.99. The van der Waals surface area contributed by atoms with Crippen LogP contribution in [0.25, 0.3) is 0 Å². The number of nitrogens with two attached hydrogens (primary N) is 1. The molecule has 1 saturated heterocycles. The summed E-state index contributed by atoms with van der Waals surface area (Å²) < 4.78 is 5.39. The van der Waals surface area contributed by atoms with Gasteiger partial charge < -0.3 is 15.4 Å². The molecular weight excluding hydrogens is 265 g/mol. The molecule has 1 rings (SSSR count). The Labute approximate surface area is 118 Å². The molecule has 19 heavy (non-hydrogen) atoms. The van der Waals surface area contributed by atoms with E-state index in [-0.39, 0.29) is 23.5 Å². The Morgan fingerprint density at radius 2 is 2.16 bits per heavy atom. The fourth-order valence-corrected chi connectivity index (χ4v) is 2.87. The minimum atomic E-state index is -0.929. The van der Waals surface area contributed by atoms with Crippen molar-refractivity contribution >= 4 is 30.4 Å². The molecule has 0 aromatic rings. The molecule has 0 aromatic heterocycles. The van der Waals surface area contributed by atoms with Gasteiger partial charge in [-0.3, -0.25) is 9.59 Å². The summed E-state index contributed by atoms with van der Waals surface area (Å²) in [7, 11) is -0.929. The zero-order valence-corrected chi connectivity index (χ0v) is 12.2. The molecule has 5 nitrogen and oxygen atoms in total. The van der Waals surface area contributed by atoms with E-state index in [0.717, 1.165) is 18.6 Å². The minimum absolute atomic E-state index is 0.0601. The highest BCUT2D eigenvalue weighted by atomic mass is 32.2. The molecule has 0 bridgehead atoms. The summed E-state index contributed by atoms with van der Waals surface area (Å²) in [5.74, 6) is 1.25. The van der Waals surface area contributed by atoms with E-state index in [9.17, 15) is 14.6 Å². The second-order valence-electron chi connectivity index (χ2n) is 4.98. The zero-order valence-electron chi connectivity index (χ0n) is 11.3. The number of carbonyl (C=O) groups is 2. The van der Waals surface area contributed by atoms with Crippen molar-refractivity contribution in [2.45, 2.75) is 44.5 Å². The van der Waals surface area contributed by atoms with Crippen LogP contribution in [0.5, 0.6) is 0 Å². The molecule has 1 heterocycles. The average Bonchev–Trinajstić information content (AvgIpc) is 2.32. The first-order valence-electron chi connectivity index (χ1n) is 6.65. The van der Waals surface area contributed by atoms with Crippen LogP contribution in [0.4, 0.5) is 0 Å². The Balaban J connectivity index is 2.29. The lowest BCUT2D eigenvalue weighted by Crippen LogP contribution is -2.37. The smallest absolute Gasteiger partial charge is 0.427 e. The van der Waals surface area contributed by atoms with Crippen LogP contribution in [0.3, 0.4) is 0 Å². The predicted molar refractivity (Wildman–Crippen MR) is 77.1 cm³/mol. The standard InChI is InChI=1S/C12H22BNO4S/c1-9(15)6-12-3-2-10(13(17)18-12)7-11(16)8-19-5-4-14/h10,12,17H,2-8,14H2,1H3/t10-,12+/m1/s1. The molecule has 1 fully saturated rings. The number of rotatable bonds is 8. The topological polar surface area (TPSA) is 89.6 Å². The molecule has 2 atom stereocenters. The summed E-state index contributed by atoms with van der Waals surface area (Å²) >= 11 is 1.52. The average molecular weight is 287 g/mol. The first-order valence-corrected chi connectivity index (χ1v) is 7.81. The van der Waals surface area contributed by atoms with Crippen molar-refractivity contribution in [3.63, 3.8) is 0 Å². The Hall–Kier alpha value is -0.365. The maximum Gasteiger partial charge on any atom is 0.458 e. The molecule has 0 aliphatic carbocycles. The molecule has 0 saturated carbocycles. The molecular formula is C12H22BNO4S. The highest BCUT2D eigenvalue weighted by Gasteiger charge is 2.36. The van der Waals surface area contributed by atoms with Crippen LogP contribution in [0.15, 0.2) is 0 Å². The van der Waals surface area contributed by atoms with Crippen LogP contribution in [0.2, 0.25) is 5.82 Å². The number of Topliss-reactive ketones (excluding diaryl/α,β-unsaturated/α-hetero) is 2. The summed E-state index contributed by atoms with van der Waals surface area (Å²) in [6.07, 6.45) is 1.93. The molecule has 108 valence electrons. The predicted octanol–water partition coefficient (Wildman–Crippen LogP) is 0.646. The van der Waals surface area contributed by atoms with Crippen molar-refractivity contribution in [2.24, 2.45) is 5.73 Å². The molecule has 1 aliphatic rings. The second-order valence-corrected chi connectivity index (χ2v) is 6.08. The Kier molecular flexibility index (Phi) is 7.67. The Morgan fingerprint density at radius 3 is 2.74 bits per heavy atom. The lowest BCUT2D eigenvalue weighted by Gasteiger charge is -2.30. The van der Waals surface area contributed by atoms with Gasteiger partial charge in [-0.2, -0.15) is 11.8 Å². The number of ketones is 2. The fourth-order valence-electron chi connectivity index (χ4n) is 2.21. The van der Waals surface area contributed by atoms with Crippen LogP contribution < -0.4 is 5.73 Å². The third-order valence-electron chi connectivity index (χ3n) is 3.12. The van der Waals surface area contributed by atoms with E-state index in [1.54, 1.807) is 0 Å². The van der Waals surface area contributed by atoms with Crippen LogP contribution in [-0.4, -0.2) is 47.9 Å². The highest BCUT2D eigenvalue weighted by Crippen LogP contribution is 2.31. The van der Waals surface area contributed by atoms with E-state index in [1.807, 2.05) is 0 Å². The van der Waals surface area contributed by atoms with E-state index in [1.165, 1.54) is 18.7 Å². The number of thioether (sulfide) groups is 1. The van der Waals surface area contributed by atoms with Crippen molar-refractivity contribution in [1.29, 1.82) is 0 Å². The Morgan fingerprint density at radius 1 is 1.42 bits per heavy atom. The van der Waals surface area contributed by atoms with E-state index < -0.39 is 7.12 Å². The SMILES string of the molecule is CC(=O)C[C@@H]1CC[C@H](CC(=O)CSCCN)B(O)O1. The molecule has 0 amide bonds. The Bertz CT molecular complexity index is 316. The van der Waals surface area contributed by atoms with Gasteiger partial charge in [0.1, 0.15) is 11.6 Å². The zero-order chi connectivity index (χ0) is 14.3. The summed E-state index contributed by atoms with van der Waals surface area (Å²) in [4.78, 5) is 22.7. The summed E-state index contributed by atoms with van der Waals surface area (Å²) in [6.45, 7) is 2.08. The monoisotopic (exact) mass is 287 g/mol. The first-order chi connectivity index (χ1) is 9.02. The number of carbonyl (C=O) groups excluding carboxylic acids is 2. The van der Waals surface area contributed by atoms with Gasteiger partial charge in [-0.1, -0.05) is 0 Å². The van der Waals surface area contributed by atoms with E-state index >= 15 is 0 Å². The van der Waals surface area contributed by atoms with Crippen molar-refractivity contribution in [3.8, 4) is 0 Å². The molecule has 7 heteroatoms. The fraction of sp³-hybridized carbons (Fsp3) is 0.833. The van der Waals surface area contributed by atoms with Gasteiger partial charge in [-0.05, 0) is 19.8 Å². The lowest BCUT2D eigenvalue weighted by molar-refractivity contribution is -0.120.